The molecular weight excluding hydrogens is 247 g/mol. The van der Waals surface area contributed by atoms with Gasteiger partial charge in [-0.2, -0.15) is 4.98 Å². The van der Waals surface area contributed by atoms with Crippen molar-refractivity contribution in [3.8, 4) is 0 Å². The van der Waals surface area contributed by atoms with Gasteiger partial charge in [-0.25, -0.2) is 0 Å². The number of piperidine rings is 1. The molecule has 0 amide bonds. The lowest BCUT2D eigenvalue weighted by atomic mass is 9.92. The van der Waals surface area contributed by atoms with E-state index in [0.29, 0.717) is 22.9 Å². The Balaban J connectivity index is 2.31. The first-order chi connectivity index (χ1) is 7.59. The number of halogens is 2. The number of anilines is 1. The molecule has 2 rings (SSSR count). The average Bonchev–Trinajstić information content (AvgIpc) is 2.26. The van der Waals surface area contributed by atoms with Gasteiger partial charge < -0.3 is 4.90 Å². The molecule has 0 radical (unpaired) electrons. The first kappa shape index (κ1) is 11.9. The van der Waals surface area contributed by atoms with Crippen LogP contribution in [-0.2, 0) is 0 Å². The van der Waals surface area contributed by atoms with Crippen molar-refractivity contribution in [2.45, 2.75) is 32.7 Å². The zero-order valence-electron chi connectivity index (χ0n) is 9.32. The predicted molar refractivity (Wildman–Crippen MR) is 65.1 cm³/mol. The summed E-state index contributed by atoms with van der Waals surface area (Å²) in [4.78, 5) is 6.33. The van der Waals surface area contributed by atoms with Crippen molar-refractivity contribution >= 4 is 29.0 Å². The zero-order valence-corrected chi connectivity index (χ0v) is 10.8. The van der Waals surface area contributed by atoms with Crippen LogP contribution in [0.2, 0.25) is 10.4 Å². The molecule has 1 saturated heterocycles. The fourth-order valence-electron chi connectivity index (χ4n) is 2.10. The van der Waals surface area contributed by atoms with E-state index in [9.17, 15) is 0 Å². The van der Waals surface area contributed by atoms with Crippen molar-refractivity contribution in [2.24, 2.45) is 5.92 Å². The summed E-state index contributed by atoms with van der Waals surface area (Å²) in [6, 6.07) is 0.402. The Bertz CT molecular complexity index is 385. The van der Waals surface area contributed by atoms with Gasteiger partial charge in [0, 0.05) is 12.6 Å². The quantitative estimate of drug-likeness (QED) is 0.779. The van der Waals surface area contributed by atoms with E-state index in [2.05, 4.69) is 33.9 Å². The molecule has 1 aliphatic heterocycles. The van der Waals surface area contributed by atoms with Crippen molar-refractivity contribution in [1.29, 1.82) is 0 Å². The summed E-state index contributed by atoms with van der Waals surface area (Å²) < 4.78 is 0. The van der Waals surface area contributed by atoms with Gasteiger partial charge in [0.25, 0.3) is 0 Å². The highest BCUT2D eigenvalue weighted by Gasteiger charge is 2.27. The van der Waals surface area contributed by atoms with Crippen LogP contribution in [0.3, 0.4) is 0 Å². The fourth-order valence-corrected chi connectivity index (χ4v) is 2.41. The number of hydrogen-bond donors (Lipinski definition) is 0. The third-order valence-electron chi connectivity index (χ3n) is 3.25. The van der Waals surface area contributed by atoms with Crippen molar-refractivity contribution in [3.63, 3.8) is 0 Å². The van der Waals surface area contributed by atoms with Gasteiger partial charge in [-0.15, -0.1) is 10.2 Å². The minimum atomic E-state index is 0.143. The molecule has 4 nitrogen and oxygen atoms in total. The molecule has 2 heterocycles. The molecule has 0 aliphatic carbocycles. The van der Waals surface area contributed by atoms with E-state index < -0.39 is 0 Å². The SMILES string of the molecule is CC1CCCN(c2nc(Cl)nnc2Cl)C1C. The standard InChI is InChI=1S/C10H14Cl2N4/c1-6-4-3-5-16(7(6)2)9-8(11)14-15-10(12)13-9/h6-7H,3-5H2,1-2H3. The molecule has 0 aromatic carbocycles. The Kier molecular flexibility index (Phi) is 3.50. The Morgan fingerprint density at radius 1 is 1.25 bits per heavy atom. The second kappa shape index (κ2) is 4.72. The smallest absolute Gasteiger partial charge is 0.245 e. The normalized spacial score (nSPS) is 25.9. The molecule has 1 fully saturated rings. The van der Waals surface area contributed by atoms with Crippen molar-refractivity contribution < 1.29 is 0 Å². The average molecular weight is 261 g/mol. The van der Waals surface area contributed by atoms with Gasteiger partial charge >= 0.3 is 0 Å². The van der Waals surface area contributed by atoms with Gasteiger partial charge in [0.2, 0.25) is 5.28 Å². The van der Waals surface area contributed by atoms with Gasteiger partial charge in [0.05, 0.1) is 0 Å². The zero-order chi connectivity index (χ0) is 11.7. The number of aromatic nitrogens is 3. The third-order valence-corrected chi connectivity index (χ3v) is 3.65. The number of nitrogens with zero attached hydrogens (tertiary/aromatic N) is 4. The first-order valence-corrected chi connectivity index (χ1v) is 6.17. The Morgan fingerprint density at radius 2 is 2.00 bits per heavy atom. The summed E-state index contributed by atoms with van der Waals surface area (Å²) in [5, 5.41) is 7.88. The molecule has 2 atom stereocenters. The lowest BCUT2D eigenvalue weighted by molar-refractivity contribution is 0.361. The summed E-state index contributed by atoms with van der Waals surface area (Å²) in [6.45, 7) is 5.36. The maximum absolute atomic E-state index is 6.01. The van der Waals surface area contributed by atoms with Crippen LogP contribution in [0.1, 0.15) is 26.7 Å². The summed E-state index contributed by atoms with van der Waals surface area (Å²) in [7, 11) is 0. The Morgan fingerprint density at radius 3 is 2.75 bits per heavy atom. The van der Waals surface area contributed by atoms with Crippen LogP contribution < -0.4 is 4.90 Å². The third kappa shape index (κ3) is 2.23. The van der Waals surface area contributed by atoms with Crippen molar-refractivity contribution in [1.82, 2.24) is 15.2 Å². The van der Waals surface area contributed by atoms with Crippen LogP contribution in [0.5, 0.6) is 0 Å². The molecule has 88 valence electrons. The van der Waals surface area contributed by atoms with Gasteiger partial charge in [0.1, 0.15) is 0 Å². The first-order valence-electron chi connectivity index (χ1n) is 5.42. The molecule has 1 aromatic heterocycles. The molecule has 0 bridgehead atoms. The van der Waals surface area contributed by atoms with E-state index in [0.717, 1.165) is 13.0 Å². The maximum Gasteiger partial charge on any atom is 0.245 e. The molecule has 6 heteroatoms. The van der Waals surface area contributed by atoms with Gasteiger partial charge in [-0.1, -0.05) is 18.5 Å². The highest BCUT2D eigenvalue weighted by atomic mass is 35.5. The topological polar surface area (TPSA) is 41.9 Å². The van der Waals surface area contributed by atoms with E-state index in [4.69, 9.17) is 23.2 Å². The fraction of sp³-hybridized carbons (Fsp3) is 0.700. The molecule has 0 spiro atoms. The maximum atomic E-state index is 6.01. The van der Waals surface area contributed by atoms with Gasteiger partial charge in [-0.05, 0) is 37.3 Å². The molecule has 16 heavy (non-hydrogen) atoms. The molecular formula is C10H14Cl2N4. The summed E-state index contributed by atoms with van der Waals surface area (Å²) in [5.74, 6) is 1.28. The molecule has 2 unspecified atom stereocenters. The summed E-state index contributed by atoms with van der Waals surface area (Å²) in [6.07, 6.45) is 2.38. The van der Waals surface area contributed by atoms with E-state index in [1.807, 2.05) is 0 Å². The summed E-state index contributed by atoms with van der Waals surface area (Å²) >= 11 is 11.8. The largest absolute Gasteiger partial charge is 0.351 e. The number of rotatable bonds is 1. The lowest BCUT2D eigenvalue weighted by Crippen LogP contribution is -2.43. The van der Waals surface area contributed by atoms with Crippen LogP contribution >= 0.6 is 23.2 Å². The Labute approximate surface area is 105 Å². The highest BCUT2D eigenvalue weighted by molar-refractivity contribution is 6.32. The highest BCUT2D eigenvalue weighted by Crippen LogP contribution is 2.30. The summed E-state index contributed by atoms with van der Waals surface area (Å²) in [5.41, 5.74) is 0. The van der Waals surface area contributed by atoms with Gasteiger partial charge in [0.15, 0.2) is 11.0 Å². The predicted octanol–water partition coefficient (Wildman–Crippen LogP) is 2.80. The second-order valence-electron chi connectivity index (χ2n) is 4.25. The van der Waals surface area contributed by atoms with E-state index >= 15 is 0 Å². The monoisotopic (exact) mass is 260 g/mol. The van der Waals surface area contributed by atoms with E-state index in [1.54, 1.807) is 0 Å². The molecule has 1 aliphatic rings. The number of hydrogen-bond acceptors (Lipinski definition) is 4. The van der Waals surface area contributed by atoms with Crippen molar-refractivity contribution in [3.05, 3.63) is 10.4 Å². The van der Waals surface area contributed by atoms with Crippen LogP contribution in [0.15, 0.2) is 0 Å². The van der Waals surface area contributed by atoms with Gasteiger partial charge in [-0.3, -0.25) is 0 Å². The van der Waals surface area contributed by atoms with Crippen LogP contribution in [0, 0.1) is 5.92 Å². The lowest BCUT2D eigenvalue weighted by Gasteiger charge is -2.38. The van der Waals surface area contributed by atoms with Crippen LogP contribution in [-0.4, -0.2) is 27.8 Å². The van der Waals surface area contributed by atoms with E-state index in [-0.39, 0.29) is 5.28 Å². The van der Waals surface area contributed by atoms with Crippen molar-refractivity contribution in [2.75, 3.05) is 11.4 Å². The van der Waals surface area contributed by atoms with Crippen LogP contribution in [0.4, 0.5) is 5.82 Å². The van der Waals surface area contributed by atoms with E-state index in [1.165, 1.54) is 6.42 Å². The minimum Gasteiger partial charge on any atom is -0.351 e. The minimum absolute atomic E-state index is 0.143. The molecule has 1 aromatic rings. The Hall–Kier alpha value is -0.610. The molecule has 0 saturated carbocycles. The molecule has 0 N–H and O–H groups in total. The second-order valence-corrected chi connectivity index (χ2v) is 4.94. The van der Waals surface area contributed by atoms with Crippen LogP contribution in [0.25, 0.3) is 0 Å².